The minimum absolute atomic E-state index is 0.151. The third-order valence-electron chi connectivity index (χ3n) is 2.14. The van der Waals surface area contributed by atoms with Crippen LogP contribution >= 0.6 is 27.5 Å². The Labute approximate surface area is 116 Å². The van der Waals surface area contributed by atoms with Crippen LogP contribution in [0.25, 0.3) is 0 Å². The van der Waals surface area contributed by atoms with Gasteiger partial charge in [0.2, 0.25) is 5.88 Å². The number of pyridine rings is 1. The van der Waals surface area contributed by atoms with E-state index in [1.807, 2.05) is 0 Å². The van der Waals surface area contributed by atoms with Crippen LogP contribution in [-0.4, -0.2) is 4.98 Å². The molecule has 6 heteroatoms. The Morgan fingerprint density at radius 1 is 1.28 bits per heavy atom. The maximum Gasteiger partial charge on any atom is 0.223 e. The van der Waals surface area contributed by atoms with Crippen molar-refractivity contribution in [3.63, 3.8) is 0 Å². The molecule has 1 aromatic carbocycles. The molecule has 0 bridgehead atoms. The molecule has 0 unspecified atom stereocenters. The summed E-state index contributed by atoms with van der Waals surface area (Å²) in [5, 5.41) is 0. The van der Waals surface area contributed by atoms with Crippen LogP contribution in [0.15, 0.2) is 34.9 Å². The Morgan fingerprint density at radius 2 is 2.06 bits per heavy atom. The van der Waals surface area contributed by atoms with Gasteiger partial charge in [0.15, 0.2) is 11.6 Å². The molecule has 0 radical (unpaired) electrons. The molecule has 1 aromatic heterocycles. The molecule has 2 nitrogen and oxygen atoms in total. The summed E-state index contributed by atoms with van der Waals surface area (Å²) in [5.41, 5.74) is 0.578. The quantitative estimate of drug-likeness (QED) is 0.762. The van der Waals surface area contributed by atoms with E-state index in [2.05, 4.69) is 20.9 Å². The smallest absolute Gasteiger partial charge is 0.223 e. The summed E-state index contributed by atoms with van der Waals surface area (Å²) in [4.78, 5) is 3.97. The van der Waals surface area contributed by atoms with Gasteiger partial charge in [0.05, 0.1) is 5.88 Å². The summed E-state index contributed by atoms with van der Waals surface area (Å²) >= 11 is 8.97. The lowest BCUT2D eigenvalue weighted by Crippen LogP contribution is -1.95. The lowest BCUT2D eigenvalue weighted by molar-refractivity contribution is 0.419. The van der Waals surface area contributed by atoms with E-state index >= 15 is 0 Å². The van der Waals surface area contributed by atoms with E-state index in [0.29, 0.717) is 5.56 Å². The lowest BCUT2D eigenvalue weighted by atomic mass is 10.3. The zero-order chi connectivity index (χ0) is 13.1. The van der Waals surface area contributed by atoms with Gasteiger partial charge in [-0.05, 0) is 34.1 Å². The van der Waals surface area contributed by atoms with Crippen LogP contribution in [0.1, 0.15) is 5.56 Å². The number of alkyl halides is 1. The van der Waals surface area contributed by atoms with Gasteiger partial charge in [-0.3, -0.25) is 0 Å². The minimum Gasteiger partial charge on any atom is -0.436 e. The summed E-state index contributed by atoms with van der Waals surface area (Å²) < 4.78 is 32.4. The summed E-state index contributed by atoms with van der Waals surface area (Å²) in [5.74, 6) is -1.18. The van der Waals surface area contributed by atoms with E-state index in [-0.39, 0.29) is 17.5 Å². The Morgan fingerprint density at radius 3 is 2.78 bits per heavy atom. The van der Waals surface area contributed by atoms with E-state index in [0.717, 1.165) is 22.7 Å². The van der Waals surface area contributed by atoms with Crippen molar-refractivity contribution in [1.29, 1.82) is 0 Å². The first-order chi connectivity index (χ1) is 8.60. The normalized spacial score (nSPS) is 10.4. The molecule has 0 spiro atoms. The molecule has 0 amide bonds. The maximum absolute atomic E-state index is 13.4. The Balaban J connectivity index is 2.36. The monoisotopic (exact) mass is 333 g/mol. The molecule has 0 aliphatic rings. The first-order valence-electron chi connectivity index (χ1n) is 4.93. The molecule has 0 saturated heterocycles. The van der Waals surface area contributed by atoms with E-state index in [4.69, 9.17) is 16.3 Å². The van der Waals surface area contributed by atoms with Gasteiger partial charge in [-0.25, -0.2) is 13.8 Å². The number of rotatable bonds is 3. The highest BCUT2D eigenvalue weighted by Gasteiger charge is 2.11. The number of hydrogen-bond acceptors (Lipinski definition) is 2. The second-order valence-corrected chi connectivity index (χ2v) is 4.61. The van der Waals surface area contributed by atoms with Crippen LogP contribution < -0.4 is 4.74 Å². The zero-order valence-corrected chi connectivity index (χ0v) is 11.3. The fourth-order valence-corrected chi connectivity index (χ4v) is 1.89. The van der Waals surface area contributed by atoms with Gasteiger partial charge < -0.3 is 4.74 Å². The third-order valence-corrected chi connectivity index (χ3v) is 2.86. The maximum atomic E-state index is 13.4. The van der Waals surface area contributed by atoms with E-state index < -0.39 is 11.6 Å². The number of halogens is 4. The first kappa shape index (κ1) is 13.2. The molecule has 2 aromatic rings. The first-order valence-corrected chi connectivity index (χ1v) is 6.26. The topological polar surface area (TPSA) is 22.1 Å². The number of ether oxygens (including phenoxy) is 1. The van der Waals surface area contributed by atoms with Crippen molar-refractivity contribution in [3.05, 3.63) is 52.1 Å². The average Bonchev–Trinajstić information content (AvgIpc) is 2.36. The predicted molar refractivity (Wildman–Crippen MR) is 67.9 cm³/mol. The van der Waals surface area contributed by atoms with Gasteiger partial charge in [-0.1, -0.05) is 0 Å². The molecule has 94 valence electrons. The molecule has 0 aliphatic carbocycles. The van der Waals surface area contributed by atoms with Crippen LogP contribution in [0.3, 0.4) is 0 Å². The molecule has 0 N–H and O–H groups in total. The summed E-state index contributed by atoms with van der Waals surface area (Å²) in [6, 6.07) is 4.66. The van der Waals surface area contributed by atoms with Gasteiger partial charge >= 0.3 is 0 Å². The molecule has 0 saturated carbocycles. The van der Waals surface area contributed by atoms with Crippen LogP contribution in [0.5, 0.6) is 11.6 Å². The Bertz CT molecular complexity index is 580. The van der Waals surface area contributed by atoms with Crippen LogP contribution in [0.2, 0.25) is 0 Å². The lowest BCUT2D eigenvalue weighted by Gasteiger charge is -2.09. The fraction of sp³-hybridized carbons (Fsp3) is 0.0833. The number of hydrogen-bond donors (Lipinski definition) is 0. The number of benzene rings is 1. The molecule has 0 aliphatic heterocycles. The molecule has 18 heavy (non-hydrogen) atoms. The van der Waals surface area contributed by atoms with Gasteiger partial charge in [0, 0.05) is 22.3 Å². The van der Waals surface area contributed by atoms with Crippen molar-refractivity contribution in [2.45, 2.75) is 5.88 Å². The number of nitrogens with zero attached hydrogens (tertiary/aromatic N) is 1. The second-order valence-electron chi connectivity index (χ2n) is 3.43. The molecule has 1 heterocycles. The van der Waals surface area contributed by atoms with Crippen molar-refractivity contribution >= 4 is 27.5 Å². The van der Waals surface area contributed by atoms with Crippen molar-refractivity contribution < 1.29 is 13.5 Å². The van der Waals surface area contributed by atoms with Crippen molar-refractivity contribution in [1.82, 2.24) is 4.98 Å². The van der Waals surface area contributed by atoms with E-state index in [1.54, 1.807) is 6.07 Å². The zero-order valence-electron chi connectivity index (χ0n) is 8.96. The summed E-state index contributed by atoms with van der Waals surface area (Å²) in [6.07, 6.45) is 1.49. The molecular weight excluding hydrogens is 327 g/mol. The van der Waals surface area contributed by atoms with Gasteiger partial charge in [0.25, 0.3) is 0 Å². The average molecular weight is 335 g/mol. The summed E-state index contributed by atoms with van der Waals surface area (Å²) in [6.45, 7) is 0. The standard InChI is InChI=1S/C12H7BrClF2NO/c13-8-3-7(5-14)12(17-6-8)18-11-4-9(15)1-2-10(11)16/h1-4,6H,5H2. The van der Waals surface area contributed by atoms with Crippen LogP contribution in [-0.2, 0) is 5.88 Å². The summed E-state index contributed by atoms with van der Waals surface area (Å²) in [7, 11) is 0. The van der Waals surface area contributed by atoms with Gasteiger partial charge in [-0.2, -0.15) is 0 Å². The van der Waals surface area contributed by atoms with Gasteiger partial charge in [0.1, 0.15) is 5.82 Å². The predicted octanol–water partition coefficient (Wildman–Crippen LogP) is 4.65. The largest absolute Gasteiger partial charge is 0.436 e. The van der Waals surface area contributed by atoms with Gasteiger partial charge in [-0.15, -0.1) is 11.6 Å². The van der Waals surface area contributed by atoms with E-state index in [9.17, 15) is 8.78 Å². The Hall–Kier alpha value is -1.20. The van der Waals surface area contributed by atoms with Crippen molar-refractivity contribution in [2.75, 3.05) is 0 Å². The van der Waals surface area contributed by atoms with Crippen LogP contribution in [0.4, 0.5) is 8.78 Å². The fourth-order valence-electron chi connectivity index (χ4n) is 1.32. The van der Waals surface area contributed by atoms with Crippen molar-refractivity contribution in [3.8, 4) is 11.6 Å². The molecular formula is C12H7BrClF2NO. The molecule has 0 atom stereocenters. The second kappa shape index (κ2) is 5.63. The van der Waals surface area contributed by atoms with Crippen LogP contribution in [0, 0.1) is 11.6 Å². The minimum atomic E-state index is -0.665. The Kier molecular flexibility index (Phi) is 4.14. The van der Waals surface area contributed by atoms with E-state index in [1.165, 1.54) is 6.20 Å². The molecule has 0 fully saturated rings. The third kappa shape index (κ3) is 2.97. The highest BCUT2D eigenvalue weighted by molar-refractivity contribution is 9.10. The highest BCUT2D eigenvalue weighted by atomic mass is 79.9. The SMILES string of the molecule is Fc1ccc(F)c(Oc2ncc(Br)cc2CCl)c1. The van der Waals surface area contributed by atoms with Crippen molar-refractivity contribution in [2.24, 2.45) is 0 Å². The molecule has 2 rings (SSSR count). The highest BCUT2D eigenvalue weighted by Crippen LogP contribution is 2.28. The number of aromatic nitrogens is 1.